The highest BCUT2D eigenvalue weighted by molar-refractivity contribution is 6.98. The van der Waals surface area contributed by atoms with E-state index in [4.69, 9.17) is 0 Å². The van der Waals surface area contributed by atoms with Crippen LogP contribution in [0.4, 0.5) is 17.1 Å². The summed E-state index contributed by atoms with van der Waals surface area (Å²) in [4.78, 5) is 0. The lowest BCUT2D eigenvalue weighted by Gasteiger charge is -2.42. The first-order valence-corrected chi connectivity index (χ1v) is 20.1. The predicted octanol–water partition coefficient (Wildman–Crippen LogP) is 12.2. The summed E-state index contributed by atoms with van der Waals surface area (Å²) in [6, 6.07) is 42.7. The molecule has 0 aliphatic carbocycles. The average Bonchev–Trinajstić information content (AvgIpc) is 3.14. The molecule has 0 saturated carbocycles. The van der Waals surface area contributed by atoms with E-state index in [1.165, 1.54) is 44.3 Å². The van der Waals surface area contributed by atoms with Gasteiger partial charge in [0.05, 0.1) is 0 Å². The Balaban J connectivity index is 1.97. The minimum Gasteiger partial charge on any atom is -0.415 e. The molecule has 5 rings (SSSR count). The molecule has 0 amide bonds. The van der Waals surface area contributed by atoms with Crippen molar-refractivity contribution in [3.05, 3.63) is 149 Å². The second kappa shape index (κ2) is 17.6. The highest BCUT2D eigenvalue weighted by Gasteiger charge is 2.42. The van der Waals surface area contributed by atoms with E-state index in [0.717, 1.165) is 17.1 Å². The standard InChI is InChI=1S/C48H63B2N3/c1-32(2)38-28-43(34(5)6)47(44(29-38)35(7)8)49(51-40-22-16-13-17-23-40)53(42-26-20-15-21-27-42)50(52-41-24-18-14-19-25-41)48-45(36(9)10)30-39(33(3)4)31-46(48)37(11)12/h13-37,51-52H,1-12H3. The van der Waals surface area contributed by atoms with Gasteiger partial charge in [-0.15, -0.1) is 0 Å². The minimum absolute atomic E-state index is 0.221. The number of anilines is 3. The third kappa shape index (κ3) is 9.23. The monoisotopic (exact) mass is 704 g/mol. The van der Waals surface area contributed by atoms with Crippen molar-refractivity contribution >= 4 is 42.0 Å². The van der Waals surface area contributed by atoms with Crippen LogP contribution in [0.1, 0.15) is 152 Å². The fourth-order valence-corrected chi connectivity index (χ4v) is 7.65. The van der Waals surface area contributed by atoms with Crippen LogP contribution in [0.5, 0.6) is 0 Å². The lowest BCUT2D eigenvalue weighted by Crippen LogP contribution is -2.68. The molecule has 2 N–H and O–H groups in total. The van der Waals surface area contributed by atoms with Gasteiger partial charge >= 0.3 is 14.0 Å². The van der Waals surface area contributed by atoms with E-state index in [0.29, 0.717) is 35.5 Å². The molecule has 5 aromatic carbocycles. The number of hydrogen-bond acceptors (Lipinski definition) is 3. The van der Waals surface area contributed by atoms with Crippen LogP contribution in [0.25, 0.3) is 0 Å². The molecule has 0 radical (unpaired) electrons. The molecule has 0 fully saturated rings. The van der Waals surface area contributed by atoms with Crippen LogP contribution in [0, 0.1) is 0 Å². The molecule has 0 aromatic heterocycles. The largest absolute Gasteiger partial charge is 0.415 e. The Morgan fingerprint density at radius 2 is 0.660 bits per heavy atom. The quantitative estimate of drug-likeness (QED) is 0.106. The Hall–Kier alpha value is -4.37. The Morgan fingerprint density at radius 1 is 0.377 bits per heavy atom. The highest BCUT2D eigenvalue weighted by Crippen LogP contribution is 2.32. The Bertz CT molecular complexity index is 1720. The number of hydrogen-bond donors (Lipinski definition) is 2. The van der Waals surface area contributed by atoms with Gasteiger partial charge < -0.3 is 15.2 Å². The smallest absolute Gasteiger partial charge is 0.398 e. The van der Waals surface area contributed by atoms with Crippen molar-refractivity contribution in [3.8, 4) is 0 Å². The molecule has 0 saturated heterocycles. The molecular weight excluding hydrogens is 640 g/mol. The topological polar surface area (TPSA) is 27.3 Å². The summed E-state index contributed by atoms with van der Waals surface area (Å²) >= 11 is 0. The summed E-state index contributed by atoms with van der Waals surface area (Å²) in [5.41, 5.74) is 14.5. The second-order valence-electron chi connectivity index (χ2n) is 16.7. The van der Waals surface area contributed by atoms with Gasteiger partial charge in [-0.05, 0) is 116 Å². The lowest BCUT2D eigenvalue weighted by molar-refractivity contribution is 0.811. The summed E-state index contributed by atoms with van der Waals surface area (Å²) in [6.45, 7) is 27.7. The first kappa shape index (κ1) is 39.8. The summed E-state index contributed by atoms with van der Waals surface area (Å²) < 4.78 is 2.66. The molecule has 276 valence electrons. The summed E-state index contributed by atoms with van der Waals surface area (Å²) in [5, 5.41) is 8.36. The number of rotatable bonds is 15. The van der Waals surface area contributed by atoms with Crippen molar-refractivity contribution in [2.75, 3.05) is 15.2 Å². The van der Waals surface area contributed by atoms with Gasteiger partial charge in [0.2, 0.25) is 0 Å². The van der Waals surface area contributed by atoms with Crippen LogP contribution in [-0.2, 0) is 0 Å². The van der Waals surface area contributed by atoms with Gasteiger partial charge in [0.25, 0.3) is 0 Å². The van der Waals surface area contributed by atoms with E-state index >= 15 is 0 Å². The van der Waals surface area contributed by atoms with E-state index in [9.17, 15) is 0 Å². The van der Waals surface area contributed by atoms with Gasteiger partial charge in [-0.1, -0.05) is 162 Å². The maximum atomic E-state index is 4.18. The fourth-order valence-electron chi connectivity index (χ4n) is 7.65. The number of nitrogens with zero attached hydrogens (tertiary/aromatic N) is 1. The molecule has 0 atom stereocenters. The zero-order valence-electron chi connectivity index (χ0n) is 34.5. The zero-order chi connectivity index (χ0) is 38.4. The van der Waals surface area contributed by atoms with Crippen molar-refractivity contribution < 1.29 is 0 Å². The van der Waals surface area contributed by atoms with Gasteiger partial charge in [-0.25, -0.2) is 0 Å². The predicted molar refractivity (Wildman–Crippen MR) is 237 cm³/mol. The maximum Gasteiger partial charge on any atom is 0.398 e. The molecule has 0 bridgehead atoms. The average molecular weight is 704 g/mol. The van der Waals surface area contributed by atoms with Crippen LogP contribution in [0.3, 0.4) is 0 Å². The molecule has 53 heavy (non-hydrogen) atoms. The minimum atomic E-state index is -0.221. The SMILES string of the molecule is CC(C)c1cc(C(C)C)c(B(Nc2ccccc2)N(B(Nc2ccccc2)c2c(C(C)C)cc(C(C)C)cc2C(C)C)c2ccccc2)c(C(C)C)c1. The first-order chi connectivity index (χ1) is 25.3. The molecule has 0 heterocycles. The molecule has 5 heteroatoms. The van der Waals surface area contributed by atoms with Crippen molar-refractivity contribution in [2.24, 2.45) is 0 Å². The summed E-state index contributed by atoms with van der Waals surface area (Å²) in [6.07, 6.45) is 0. The molecule has 0 spiro atoms. The molecule has 5 aromatic rings. The van der Waals surface area contributed by atoms with Crippen LogP contribution >= 0.6 is 0 Å². The van der Waals surface area contributed by atoms with Crippen molar-refractivity contribution in [1.29, 1.82) is 0 Å². The molecule has 0 aliphatic rings. The van der Waals surface area contributed by atoms with Gasteiger partial charge in [-0.2, -0.15) is 0 Å². The van der Waals surface area contributed by atoms with Crippen LogP contribution in [0.2, 0.25) is 0 Å². The van der Waals surface area contributed by atoms with Crippen LogP contribution < -0.4 is 26.1 Å². The second-order valence-corrected chi connectivity index (χ2v) is 16.7. The molecule has 0 aliphatic heterocycles. The number of para-hydroxylation sites is 3. The molecule has 0 unspecified atom stereocenters. The van der Waals surface area contributed by atoms with Crippen LogP contribution in [0.15, 0.2) is 115 Å². The van der Waals surface area contributed by atoms with E-state index in [2.05, 4.69) is 214 Å². The third-order valence-electron chi connectivity index (χ3n) is 10.7. The maximum absolute atomic E-state index is 4.18. The van der Waals surface area contributed by atoms with Crippen molar-refractivity contribution in [1.82, 2.24) is 0 Å². The van der Waals surface area contributed by atoms with Crippen LogP contribution in [-0.4, -0.2) is 14.0 Å². The van der Waals surface area contributed by atoms with E-state index in [-0.39, 0.29) is 14.0 Å². The van der Waals surface area contributed by atoms with Gasteiger partial charge in [0.1, 0.15) is 0 Å². The van der Waals surface area contributed by atoms with E-state index in [1.54, 1.807) is 0 Å². The summed E-state index contributed by atoms with van der Waals surface area (Å²) in [7, 11) is 0. The fraction of sp³-hybridized carbons (Fsp3) is 0.375. The first-order valence-electron chi connectivity index (χ1n) is 20.1. The normalized spacial score (nSPS) is 11.7. The third-order valence-corrected chi connectivity index (χ3v) is 10.7. The zero-order valence-corrected chi connectivity index (χ0v) is 34.5. The molecule has 3 nitrogen and oxygen atoms in total. The highest BCUT2D eigenvalue weighted by atomic mass is 15.2. The van der Waals surface area contributed by atoms with Gasteiger partial charge in [0, 0.05) is 17.1 Å². The van der Waals surface area contributed by atoms with Gasteiger partial charge in [-0.3, -0.25) is 0 Å². The Morgan fingerprint density at radius 3 is 0.925 bits per heavy atom. The van der Waals surface area contributed by atoms with E-state index in [1.807, 2.05) is 0 Å². The Labute approximate surface area is 323 Å². The lowest BCUT2D eigenvalue weighted by atomic mass is 9.48. The Kier molecular flexibility index (Phi) is 13.3. The van der Waals surface area contributed by atoms with Crippen molar-refractivity contribution in [2.45, 2.75) is 119 Å². The number of nitrogens with one attached hydrogen (secondary N) is 2. The van der Waals surface area contributed by atoms with E-state index < -0.39 is 0 Å². The molecular formula is C48H63B2N3. The number of benzene rings is 5. The van der Waals surface area contributed by atoms with Gasteiger partial charge in [0.15, 0.2) is 0 Å². The van der Waals surface area contributed by atoms with Crippen molar-refractivity contribution in [3.63, 3.8) is 0 Å². The summed E-state index contributed by atoms with van der Waals surface area (Å²) in [5.74, 6) is 2.15.